The minimum Gasteiger partial charge on any atom is -0.445 e. The van der Waals surface area contributed by atoms with Crippen LogP contribution in [0.4, 0.5) is 0 Å². The molecule has 0 saturated carbocycles. The van der Waals surface area contributed by atoms with Crippen LogP contribution in [0.5, 0.6) is 0 Å². The lowest BCUT2D eigenvalue weighted by molar-refractivity contribution is -0.119. The van der Waals surface area contributed by atoms with E-state index in [-0.39, 0.29) is 11.8 Å². The molecule has 2 aromatic carbocycles. The zero-order valence-electron chi connectivity index (χ0n) is 15.6. The molecule has 0 radical (unpaired) electrons. The molecule has 27 heavy (non-hydrogen) atoms. The van der Waals surface area contributed by atoms with E-state index in [1.165, 1.54) is 5.56 Å². The number of hydrogen-bond acceptors (Lipinski definition) is 5. The van der Waals surface area contributed by atoms with Crippen molar-refractivity contribution in [2.24, 2.45) is 5.73 Å². The predicted molar refractivity (Wildman–Crippen MR) is 112 cm³/mol. The fourth-order valence-electron chi connectivity index (χ4n) is 2.97. The van der Waals surface area contributed by atoms with Gasteiger partial charge in [-0.2, -0.15) is 11.8 Å². The first-order valence-corrected chi connectivity index (χ1v) is 10.3. The summed E-state index contributed by atoms with van der Waals surface area (Å²) < 4.78 is 5.40. The number of thioether (sulfide) groups is 1. The summed E-state index contributed by atoms with van der Waals surface area (Å²) >= 11 is 1.71. The summed E-state index contributed by atoms with van der Waals surface area (Å²) in [5.74, 6) is 1.61. The molecule has 5 heteroatoms. The minimum atomic E-state index is -0.378. The van der Waals surface area contributed by atoms with Gasteiger partial charge in [-0.1, -0.05) is 30.3 Å². The smallest absolute Gasteiger partial charge is 0.225 e. The molecule has 0 spiro atoms. The highest BCUT2D eigenvalue weighted by atomic mass is 32.2. The van der Waals surface area contributed by atoms with Gasteiger partial charge in [-0.3, -0.25) is 4.79 Å². The maximum Gasteiger partial charge on any atom is 0.225 e. The molecular weight excluding hydrogens is 356 g/mol. The van der Waals surface area contributed by atoms with Crippen LogP contribution >= 0.6 is 11.8 Å². The Balaban J connectivity index is 1.76. The van der Waals surface area contributed by atoms with E-state index in [0.717, 1.165) is 34.4 Å². The topological polar surface area (TPSA) is 69.1 Å². The largest absolute Gasteiger partial charge is 0.445 e. The Labute approximate surface area is 164 Å². The third-order valence-corrected chi connectivity index (χ3v) is 5.25. The zero-order chi connectivity index (χ0) is 19.2. The van der Waals surface area contributed by atoms with Gasteiger partial charge in [0.05, 0.1) is 12.2 Å². The molecular formula is C22H24N2O2S. The first-order chi connectivity index (χ1) is 13.1. The number of nitrogens with zero attached hydrogens (tertiary/aromatic N) is 1. The quantitative estimate of drug-likeness (QED) is 0.623. The van der Waals surface area contributed by atoms with E-state index < -0.39 is 0 Å². The SMILES string of the molecule is CSCCC(N)C(=O)Cc1ccc(-c2cc(-c3ncco3)ccc2C)cc1. The lowest BCUT2D eigenvalue weighted by Gasteiger charge is -2.11. The van der Waals surface area contributed by atoms with Crippen LogP contribution in [-0.4, -0.2) is 28.8 Å². The first kappa shape index (κ1) is 19.4. The zero-order valence-corrected chi connectivity index (χ0v) is 16.5. The van der Waals surface area contributed by atoms with Crippen molar-refractivity contribution in [2.45, 2.75) is 25.8 Å². The molecule has 1 unspecified atom stereocenters. The van der Waals surface area contributed by atoms with E-state index in [2.05, 4.69) is 36.2 Å². The van der Waals surface area contributed by atoms with Crippen molar-refractivity contribution >= 4 is 17.5 Å². The van der Waals surface area contributed by atoms with Gasteiger partial charge < -0.3 is 10.2 Å². The lowest BCUT2D eigenvalue weighted by Crippen LogP contribution is -2.32. The molecule has 140 valence electrons. The summed E-state index contributed by atoms with van der Waals surface area (Å²) in [6, 6.07) is 13.9. The van der Waals surface area contributed by atoms with Gasteiger partial charge in [-0.05, 0) is 59.7 Å². The second-order valence-corrected chi connectivity index (χ2v) is 7.58. The van der Waals surface area contributed by atoms with Crippen LogP contribution < -0.4 is 5.73 Å². The standard InChI is InChI=1S/C22H24N2O2S/c1-15-3-6-18(22-24-10-11-26-22)14-19(15)17-7-4-16(5-8-17)13-21(25)20(23)9-12-27-2/h3-8,10-11,14,20H,9,12-13,23H2,1-2H3. The van der Waals surface area contributed by atoms with Crippen molar-refractivity contribution in [3.8, 4) is 22.6 Å². The van der Waals surface area contributed by atoms with Crippen molar-refractivity contribution in [3.63, 3.8) is 0 Å². The summed E-state index contributed by atoms with van der Waals surface area (Å²) in [6.45, 7) is 2.08. The molecule has 0 aliphatic heterocycles. The molecule has 3 aromatic rings. The molecule has 0 amide bonds. The summed E-state index contributed by atoms with van der Waals surface area (Å²) in [4.78, 5) is 16.5. The van der Waals surface area contributed by atoms with Gasteiger partial charge in [0.25, 0.3) is 0 Å². The van der Waals surface area contributed by atoms with Crippen molar-refractivity contribution in [2.75, 3.05) is 12.0 Å². The molecule has 0 aliphatic carbocycles. The van der Waals surface area contributed by atoms with Crippen molar-refractivity contribution in [3.05, 3.63) is 66.1 Å². The van der Waals surface area contributed by atoms with Crippen LogP contribution in [0, 0.1) is 6.92 Å². The molecule has 3 rings (SSSR count). The van der Waals surface area contributed by atoms with Gasteiger partial charge >= 0.3 is 0 Å². The molecule has 1 heterocycles. The molecule has 1 atom stereocenters. The van der Waals surface area contributed by atoms with Gasteiger partial charge in [0.15, 0.2) is 5.78 Å². The highest BCUT2D eigenvalue weighted by Crippen LogP contribution is 2.29. The van der Waals surface area contributed by atoms with Gasteiger partial charge in [0.2, 0.25) is 5.89 Å². The highest BCUT2D eigenvalue weighted by Gasteiger charge is 2.14. The van der Waals surface area contributed by atoms with E-state index in [1.54, 1.807) is 24.2 Å². The monoisotopic (exact) mass is 380 g/mol. The Morgan fingerprint density at radius 2 is 1.93 bits per heavy atom. The molecule has 0 aliphatic rings. The van der Waals surface area contributed by atoms with Crippen LogP contribution in [0.3, 0.4) is 0 Å². The van der Waals surface area contributed by atoms with Gasteiger partial charge in [-0.25, -0.2) is 4.98 Å². The van der Waals surface area contributed by atoms with Gasteiger partial charge in [0.1, 0.15) is 6.26 Å². The average molecular weight is 381 g/mol. The number of benzene rings is 2. The predicted octanol–water partition coefficient (Wildman–Crippen LogP) is 4.51. The number of oxazole rings is 1. The highest BCUT2D eigenvalue weighted by molar-refractivity contribution is 7.98. The van der Waals surface area contributed by atoms with E-state index in [1.807, 2.05) is 24.5 Å². The molecule has 2 N–H and O–H groups in total. The number of carbonyl (C=O) groups excluding carboxylic acids is 1. The molecule has 0 saturated heterocycles. The lowest BCUT2D eigenvalue weighted by atomic mass is 9.95. The normalized spacial score (nSPS) is 12.1. The van der Waals surface area contributed by atoms with E-state index in [9.17, 15) is 4.79 Å². The van der Waals surface area contributed by atoms with E-state index in [0.29, 0.717) is 12.3 Å². The van der Waals surface area contributed by atoms with Crippen LogP contribution in [0.2, 0.25) is 0 Å². The Morgan fingerprint density at radius 1 is 1.19 bits per heavy atom. The number of rotatable bonds is 8. The fourth-order valence-corrected chi connectivity index (χ4v) is 3.46. The Bertz CT molecular complexity index is 889. The Hall–Kier alpha value is -2.37. The Kier molecular flexibility index (Phi) is 6.48. The summed E-state index contributed by atoms with van der Waals surface area (Å²) in [6.07, 6.45) is 6.35. The third-order valence-electron chi connectivity index (χ3n) is 4.61. The van der Waals surface area contributed by atoms with Gasteiger partial charge in [0, 0.05) is 12.0 Å². The maximum atomic E-state index is 12.3. The van der Waals surface area contributed by atoms with Crippen LogP contribution in [0.15, 0.2) is 59.3 Å². The minimum absolute atomic E-state index is 0.0962. The second-order valence-electron chi connectivity index (χ2n) is 6.59. The van der Waals surface area contributed by atoms with Crippen LogP contribution in [0.1, 0.15) is 17.5 Å². The van der Waals surface area contributed by atoms with E-state index >= 15 is 0 Å². The van der Waals surface area contributed by atoms with Crippen LogP contribution in [-0.2, 0) is 11.2 Å². The fraction of sp³-hybridized carbons (Fsp3) is 0.273. The molecule has 0 bridgehead atoms. The average Bonchev–Trinajstić information content (AvgIpc) is 3.22. The van der Waals surface area contributed by atoms with Crippen LogP contribution in [0.25, 0.3) is 22.6 Å². The van der Waals surface area contributed by atoms with Crippen molar-refractivity contribution in [1.82, 2.24) is 4.98 Å². The second kappa shape index (κ2) is 9.02. The van der Waals surface area contributed by atoms with Gasteiger partial charge in [-0.15, -0.1) is 0 Å². The third kappa shape index (κ3) is 4.87. The summed E-state index contributed by atoms with van der Waals surface area (Å²) in [7, 11) is 0. The molecule has 1 aromatic heterocycles. The number of carbonyl (C=O) groups is 1. The first-order valence-electron chi connectivity index (χ1n) is 8.95. The van der Waals surface area contributed by atoms with Crippen molar-refractivity contribution in [1.29, 1.82) is 0 Å². The Morgan fingerprint density at radius 3 is 2.59 bits per heavy atom. The maximum absolute atomic E-state index is 12.3. The number of aromatic nitrogens is 1. The summed E-state index contributed by atoms with van der Waals surface area (Å²) in [5, 5.41) is 0. The molecule has 0 fully saturated rings. The van der Waals surface area contributed by atoms with Crippen molar-refractivity contribution < 1.29 is 9.21 Å². The number of nitrogens with two attached hydrogens (primary N) is 1. The number of ketones is 1. The summed E-state index contributed by atoms with van der Waals surface area (Å²) in [5.41, 5.74) is 11.3. The number of Topliss-reactive ketones (excluding diaryl/α,β-unsaturated/α-hetero) is 1. The number of aryl methyl sites for hydroxylation is 1. The molecule has 4 nitrogen and oxygen atoms in total. The number of hydrogen-bond donors (Lipinski definition) is 1. The van der Waals surface area contributed by atoms with E-state index in [4.69, 9.17) is 10.2 Å².